The molecule has 1 aliphatic rings. The van der Waals surface area contributed by atoms with Crippen molar-refractivity contribution in [3.8, 4) is 17.2 Å². The molecule has 5 rings (SSSR count). The number of methoxy groups -OCH3 is 1. The van der Waals surface area contributed by atoms with Crippen LogP contribution in [0.3, 0.4) is 0 Å². The molecule has 230 valence electrons. The number of anilines is 2. The fourth-order valence-electron chi connectivity index (χ4n) is 4.82. The molecule has 0 saturated heterocycles. The number of allylic oxidation sites excluding steroid dienone is 1. The monoisotopic (exact) mass is 653 g/mol. The Bertz CT molecular complexity index is 1670. The van der Waals surface area contributed by atoms with Crippen molar-refractivity contribution < 1.29 is 19.0 Å². The number of carbonyl (C=O) groups is 1. The minimum absolute atomic E-state index is 0.151. The number of ether oxygens (including phenoxy) is 3. The third-order valence-corrected chi connectivity index (χ3v) is 8.64. The SMILES string of the molecule is CCCSc1nc2n(n1)C(c1ccc(OCc3c(Cl)cccc3Cl)c(OC)c1)C(C(=O)Nc1ccccc1OCC)=C(C)N2. The number of aromatic nitrogens is 3. The third-order valence-electron chi connectivity index (χ3n) is 6.89. The van der Waals surface area contributed by atoms with Gasteiger partial charge in [0.1, 0.15) is 18.4 Å². The summed E-state index contributed by atoms with van der Waals surface area (Å²) in [7, 11) is 1.57. The normalized spacial score (nSPS) is 14.1. The van der Waals surface area contributed by atoms with Crippen molar-refractivity contribution in [1.82, 2.24) is 14.8 Å². The van der Waals surface area contributed by atoms with Gasteiger partial charge in [0.15, 0.2) is 11.5 Å². The Hall–Kier alpha value is -3.86. The fraction of sp³-hybridized carbons (Fsp3) is 0.281. The number of benzene rings is 3. The van der Waals surface area contributed by atoms with E-state index in [0.717, 1.165) is 17.7 Å². The number of amides is 1. The first-order chi connectivity index (χ1) is 21.3. The van der Waals surface area contributed by atoms with Gasteiger partial charge < -0.3 is 24.8 Å². The Labute approximate surface area is 270 Å². The minimum atomic E-state index is -0.616. The van der Waals surface area contributed by atoms with Crippen molar-refractivity contribution in [3.63, 3.8) is 0 Å². The number of hydrogen-bond acceptors (Lipinski definition) is 8. The maximum atomic E-state index is 14.0. The van der Waals surface area contributed by atoms with E-state index in [4.69, 9.17) is 47.5 Å². The number of para-hydroxylation sites is 2. The van der Waals surface area contributed by atoms with Gasteiger partial charge in [-0.05, 0) is 62.2 Å². The van der Waals surface area contributed by atoms with E-state index in [2.05, 4.69) is 17.6 Å². The molecule has 1 atom stereocenters. The van der Waals surface area contributed by atoms with Crippen molar-refractivity contribution >= 4 is 52.5 Å². The smallest absolute Gasteiger partial charge is 0.255 e. The molecule has 3 aromatic carbocycles. The highest BCUT2D eigenvalue weighted by Crippen LogP contribution is 2.40. The minimum Gasteiger partial charge on any atom is -0.493 e. The first-order valence-electron chi connectivity index (χ1n) is 14.2. The van der Waals surface area contributed by atoms with Gasteiger partial charge in [0.05, 0.1) is 25.0 Å². The molecule has 4 aromatic rings. The van der Waals surface area contributed by atoms with E-state index in [-0.39, 0.29) is 12.5 Å². The zero-order valence-corrected chi connectivity index (χ0v) is 27.1. The standard InChI is InChI=1S/C32H33Cl2N5O4S/c1-5-16-44-32-37-31-35-19(3)28(30(40)36-24-12-7-8-13-25(24)42-6-2)29(39(31)38-32)20-14-15-26(27(17-20)41-4)43-18-21-22(33)10-9-11-23(21)34/h7-15,17,29H,5-6,16,18H2,1-4H3,(H,36,40)(H,35,37,38). The zero-order chi connectivity index (χ0) is 31.2. The van der Waals surface area contributed by atoms with Crippen LogP contribution < -0.4 is 24.8 Å². The molecule has 2 heterocycles. The zero-order valence-electron chi connectivity index (χ0n) is 24.8. The van der Waals surface area contributed by atoms with Crippen molar-refractivity contribution in [2.24, 2.45) is 0 Å². The van der Waals surface area contributed by atoms with Gasteiger partial charge in [0.25, 0.3) is 5.91 Å². The Morgan fingerprint density at radius 1 is 1.02 bits per heavy atom. The highest BCUT2D eigenvalue weighted by molar-refractivity contribution is 7.99. The molecule has 44 heavy (non-hydrogen) atoms. The summed E-state index contributed by atoms with van der Waals surface area (Å²) in [5, 5.41) is 12.8. The average Bonchev–Trinajstić information content (AvgIpc) is 3.42. The van der Waals surface area contributed by atoms with Crippen LogP contribution in [-0.2, 0) is 11.4 Å². The number of hydrogen-bond donors (Lipinski definition) is 2. The highest BCUT2D eigenvalue weighted by atomic mass is 35.5. The van der Waals surface area contributed by atoms with E-state index in [1.807, 2.05) is 50.2 Å². The maximum Gasteiger partial charge on any atom is 0.255 e. The molecule has 0 radical (unpaired) electrons. The van der Waals surface area contributed by atoms with Crippen molar-refractivity contribution in [3.05, 3.63) is 93.1 Å². The van der Waals surface area contributed by atoms with E-state index < -0.39 is 6.04 Å². The lowest BCUT2D eigenvalue weighted by Crippen LogP contribution is -2.31. The number of carbonyl (C=O) groups excluding carboxylic acids is 1. The summed E-state index contributed by atoms with van der Waals surface area (Å²) in [5.74, 6) is 2.68. The molecule has 1 amide bonds. The Morgan fingerprint density at radius 2 is 1.80 bits per heavy atom. The third kappa shape index (κ3) is 6.77. The molecule has 0 bridgehead atoms. The van der Waals surface area contributed by atoms with Crippen molar-refractivity contribution in [2.75, 3.05) is 30.1 Å². The average molecular weight is 655 g/mol. The lowest BCUT2D eigenvalue weighted by Gasteiger charge is -2.29. The Morgan fingerprint density at radius 3 is 2.52 bits per heavy atom. The summed E-state index contributed by atoms with van der Waals surface area (Å²) >= 11 is 14.3. The molecule has 9 nitrogen and oxygen atoms in total. The fourth-order valence-corrected chi connectivity index (χ4v) is 6.01. The molecule has 1 aliphatic heterocycles. The summed E-state index contributed by atoms with van der Waals surface area (Å²) in [5.41, 5.74) is 3.13. The van der Waals surface area contributed by atoms with Gasteiger partial charge in [-0.1, -0.05) is 66.2 Å². The predicted octanol–water partition coefficient (Wildman–Crippen LogP) is 8.00. The number of thioether (sulfide) groups is 1. The summed E-state index contributed by atoms with van der Waals surface area (Å²) in [6.07, 6.45) is 0.980. The molecule has 12 heteroatoms. The van der Waals surface area contributed by atoms with E-state index in [9.17, 15) is 4.79 Å². The Kier molecular flexibility index (Phi) is 10.2. The van der Waals surface area contributed by atoms with Crippen molar-refractivity contribution in [1.29, 1.82) is 0 Å². The van der Waals surface area contributed by atoms with Gasteiger partial charge in [-0.2, -0.15) is 4.98 Å². The topological polar surface area (TPSA) is 99.5 Å². The highest BCUT2D eigenvalue weighted by Gasteiger charge is 2.35. The van der Waals surface area contributed by atoms with E-state index in [0.29, 0.717) is 67.5 Å². The van der Waals surface area contributed by atoms with Gasteiger partial charge >= 0.3 is 0 Å². The molecule has 0 saturated carbocycles. The van der Waals surface area contributed by atoms with Crippen LogP contribution in [0.5, 0.6) is 17.2 Å². The predicted molar refractivity (Wildman–Crippen MR) is 176 cm³/mol. The van der Waals surface area contributed by atoms with Crippen LogP contribution in [-0.4, -0.2) is 40.1 Å². The molecular formula is C32H33Cl2N5O4S. The lowest BCUT2D eigenvalue weighted by molar-refractivity contribution is -0.113. The molecule has 1 aromatic heterocycles. The summed E-state index contributed by atoms with van der Waals surface area (Å²) in [4.78, 5) is 18.7. The molecule has 0 fully saturated rings. The van der Waals surface area contributed by atoms with Crippen molar-refractivity contribution in [2.45, 2.75) is 45.0 Å². The van der Waals surface area contributed by atoms with E-state index in [1.54, 1.807) is 47.8 Å². The van der Waals surface area contributed by atoms with Crippen LogP contribution >= 0.6 is 35.0 Å². The van der Waals surface area contributed by atoms with Crippen LogP contribution in [0.25, 0.3) is 0 Å². The number of halogens is 2. The summed E-state index contributed by atoms with van der Waals surface area (Å²) < 4.78 is 19.3. The van der Waals surface area contributed by atoms with Gasteiger partial charge in [0.2, 0.25) is 11.1 Å². The number of rotatable bonds is 12. The van der Waals surface area contributed by atoms with Gasteiger partial charge in [-0.15, -0.1) is 5.10 Å². The van der Waals surface area contributed by atoms with Crippen LogP contribution in [0.1, 0.15) is 44.4 Å². The Balaban J connectivity index is 1.52. The quantitative estimate of drug-likeness (QED) is 0.148. The molecule has 1 unspecified atom stereocenters. The first kappa shape index (κ1) is 31.6. The summed E-state index contributed by atoms with van der Waals surface area (Å²) in [6, 6.07) is 17.6. The maximum absolute atomic E-state index is 14.0. The molecule has 0 spiro atoms. The van der Waals surface area contributed by atoms with Gasteiger partial charge in [0, 0.05) is 27.1 Å². The van der Waals surface area contributed by atoms with E-state index in [1.165, 1.54) is 0 Å². The first-order valence-corrected chi connectivity index (χ1v) is 15.9. The second-order valence-corrected chi connectivity index (χ2v) is 11.7. The van der Waals surface area contributed by atoms with E-state index >= 15 is 0 Å². The second kappa shape index (κ2) is 14.3. The lowest BCUT2D eigenvalue weighted by atomic mass is 9.94. The molecular weight excluding hydrogens is 621 g/mol. The largest absolute Gasteiger partial charge is 0.493 e. The van der Waals surface area contributed by atoms with Crippen LogP contribution in [0, 0.1) is 0 Å². The number of nitrogens with zero attached hydrogens (tertiary/aromatic N) is 3. The van der Waals surface area contributed by atoms with Crippen LogP contribution in [0.4, 0.5) is 11.6 Å². The van der Waals surface area contributed by atoms with Crippen LogP contribution in [0.2, 0.25) is 10.0 Å². The number of nitrogens with one attached hydrogen (secondary N) is 2. The second-order valence-electron chi connectivity index (χ2n) is 9.86. The van der Waals surface area contributed by atoms with Crippen LogP contribution in [0.15, 0.2) is 77.1 Å². The van der Waals surface area contributed by atoms with Gasteiger partial charge in [-0.25, -0.2) is 4.68 Å². The summed E-state index contributed by atoms with van der Waals surface area (Å²) in [6.45, 7) is 6.48. The molecule has 0 aliphatic carbocycles. The van der Waals surface area contributed by atoms with Gasteiger partial charge in [-0.3, -0.25) is 4.79 Å². The number of fused-ring (bicyclic) bond motifs is 1. The molecule has 2 N–H and O–H groups in total.